The second kappa shape index (κ2) is 6.58. The van der Waals surface area contributed by atoms with Crippen LogP contribution in [0.15, 0.2) is 30.3 Å². The molecule has 0 radical (unpaired) electrons. The van der Waals surface area contributed by atoms with Crippen LogP contribution < -0.4 is 4.74 Å². The van der Waals surface area contributed by atoms with E-state index in [0.717, 1.165) is 5.75 Å². The first-order valence-corrected chi connectivity index (χ1v) is 3.18. The van der Waals surface area contributed by atoms with E-state index in [0.29, 0.717) is 0 Å². The SMILES string of the molecule is COc1ccccc1.FB(F)F. The highest BCUT2D eigenvalue weighted by Crippen LogP contribution is 2.05. The highest BCUT2D eigenvalue weighted by atomic mass is 19.4. The van der Waals surface area contributed by atoms with E-state index in [4.69, 9.17) is 4.74 Å². The van der Waals surface area contributed by atoms with Gasteiger partial charge in [0, 0.05) is 0 Å². The maximum absolute atomic E-state index is 9.67. The van der Waals surface area contributed by atoms with E-state index >= 15 is 0 Å². The summed E-state index contributed by atoms with van der Waals surface area (Å²) in [6.07, 6.45) is 0. The predicted octanol–water partition coefficient (Wildman–Crippen LogP) is 2.58. The first kappa shape index (κ1) is 10.9. The maximum atomic E-state index is 9.67. The van der Waals surface area contributed by atoms with Crippen LogP contribution in [0.2, 0.25) is 0 Å². The molecule has 0 aromatic heterocycles. The van der Waals surface area contributed by atoms with Gasteiger partial charge in [-0.3, -0.25) is 12.9 Å². The van der Waals surface area contributed by atoms with Gasteiger partial charge in [0.05, 0.1) is 7.11 Å². The molecule has 0 aliphatic carbocycles. The second-order valence-corrected chi connectivity index (χ2v) is 1.76. The van der Waals surface area contributed by atoms with E-state index in [1.165, 1.54) is 0 Å². The smallest absolute Gasteiger partial charge is 0.497 e. The van der Waals surface area contributed by atoms with Crippen molar-refractivity contribution in [2.75, 3.05) is 7.11 Å². The molecule has 0 amide bonds. The number of benzene rings is 1. The van der Waals surface area contributed by atoms with E-state index in [2.05, 4.69) is 0 Å². The quantitative estimate of drug-likeness (QED) is 0.597. The number of methoxy groups -OCH3 is 1. The number of ether oxygens (including phenoxy) is 1. The molecular formula is C7H8BF3O. The monoisotopic (exact) mass is 176 g/mol. The Labute approximate surface area is 69.4 Å². The Hall–Kier alpha value is -1.13. The van der Waals surface area contributed by atoms with Crippen molar-refractivity contribution in [2.45, 2.75) is 0 Å². The Balaban J connectivity index is 0.000000261. The van der Waals surface area contributed by atoms with Gasteiger partial charge in [-0.25, -0.2) is 0 Å². The lowest BCUT2D eigenvalue weighted by Crippen LogP contribution is -1.78. The molecule has 0 fully saturated rings. The van der Waals surface area contributed by atoms with Crippen molar-refractivity contribution >= 4 is 7.54 Å². The average Bonchev–Trinajstić information content (AvgIpc) is 2.05. The van der Waals surface area contributed by atoms with E-state index in [9.17, 15) is 12.9 Å². The fraction of sp³-hybridized carbons (Fsp3) is 0.143. The minimum atomic E-state index is -3.67. The highest BCUT2D eigenvalue weighted by molar-refractivity contribution is 6.33. The van der Waals surface area contributed by atoms with Gasteiger partial charge in [-0.05, 0) is 12.1 Å². The first-order chi connectivity index (χ1) is 5.66. The second-order valence-electron chi connectivity index (χ2n) is 1.76. The molecule has 1 nitrogen and oxygen atoms in total. The molecule has 5 heteroatoms. The number of para-hydroxylation sites is 1. The third-order valence-corrected chi connectivity index (χ3v) is 0.979. The summed E-state index contributed by atoms with van der Waals surface area (Å²) in [5.74, 6) is 0.910. The lowest BCUT2D eigenvalue weighted by molar-refractivity contribution is 0.415. The zero-order valence-electron chi connectivity index (χ0n) is 6.51. The van der Waals surface area contributed by atoms with Crippen LogP contribution in [-0.4, -0.2) is 14.7 Å². The van der Waals surface area contributed by atoms with Crippen LogP contribution >= 0.6 is 0 Å². The third kappa shape index (κ3) is 6.99. The van der Waals surface area contributed by atoms with Gasteiger partial charge in [0.15, 0.2) is 0 Å². The Morgan fingerprint density at radius 3 is 1.75 bits per heavy atom. The summed E-state index contributed by atoms with van der Waals surface area (Å²) < 4.78 is 33.9. The molecule has 0 heterocycles. The van der Waals surface area contributed by atoms with Gasteiger partial charge in [-0.2, -0.15) is 0 Å². The molecule has 0 saturated heterocycles. The van der Waals surface area contributed by atoms with E-state index in [1.54, 1.807) is 7.11 Å². The van der Waals surface area contributed by atoms with Crippen molar-refractivity contribution in [1.82, 2.24) is 0 Å². The number of hydrogen-bond donors (Lipinski definition) is 0. The Kier molecular flexibility index (Phi) is 5.96. The Bertz CT molecular complexity index is 190. The Morgan fingerprint density at radius 2 is 1.50 bits per heavy atom. The van der Waals surface area contributed by atoms with Gasteiger partial charge in [0.25, 0.3) is 0 Å². The van der Waals surface area contributed by atoms with Crippen molar-refractivity contribution in [3.63, 3.8) is 0 Å². The van der Waals surface area contributed by atoms with Crippen LogP contribution in [0, 0.1) is 0 Å². The third-order valence-electron chi connectivity index (χ3n) is 0.979. The molecule has 1 rings (SSSR count). The normalized spacial score (nSPS) is 8.00. The molecule has 0 spiro atoms. The largest absolute Gasteiger partial charge is 0.762 e. The van der Waals surface area contributed by atoms with Crippen molar-refractivity contribution < 1.29 is 17.7 Å². The summed E-state index contributed by atoms with van der Waals surface area (Å²) in [7, 11) is -2.00. The fourth-order valence-electron chi connectivity index (χ4n) is 0.557. The van der Waals surface area contributed by atoms with Gasteiger partial charge in [0.1, 0.15) is 5.75 Å². The number of rotatable bonds is 1. The fourth-order valence-corrected chi connectivity index (χ4v) is 0.557. The van der Waals surface area contributed by atoms with Crippen LogP contribution in [0.3, 0.4) is 0 Å². The zero-order chi connectivity index (χ0) is 9.40. The minimum Gasteiger partial charge on any atom is -0.497 e. The molecule has 0 bridgehead atoms. The maximum Gasteiger partial charge on any atom is 0.762 e. The van der Waals surface area contributed by atoms with Crippen molar-refractivity contribution in [1.29, 1.82) is 0 Å². The van der Waals surface area contributed by atoms with E-state index in [1.807, 2.05) is 30.3 Å². The van der Waals surface area contributed by atoms with Crippen LogP contribution in [0.25, 0.3) is 0 Å². The predicted molar refractivity (Wildman–Crippen MR) is 42.1 cm³/mol. The summed E-state index contributed by atoms with van der Waals surface area (Å²) in [6, 6.07) is 9.68. The molecule has 0 aliphatic heterocycles. The van der Waals surface area contributed by atoms with Gasteiger partial charge in [-0.15, -0.1) is 0 Å². The molecule has 0 unspecified atom stereocenters. The molecule has 0 saturated carbocycles. The molecular weight excluding hydrogens is 168 g/mol. The summed E-state index contributed by atoms with van der Waals surface area (Å²) in [5.41, 5.74) is 0. The first-order valence-electron chi connectivity index (χ1n) is 3.18. The molecule has 0 atom stereocenters. The van der Waals surface area contributed by atoms with Crippen molar-refractivity contribution in [3.05, 3.63) is 30.3 Å². The van der Waals surface area contributed by atoms with Gasteiger partial charge in [-0.1, -0.05) is 18.2 Å². The van der Waals surface area contributed by atoms with Crippen molar-refractivity contribution in [2.24, 2.45) is 0 Å². The van der Waals surface area contributed by atoms with Crippen LogP contribution in [0.1, 0.15) is 0 Å². The lowest BCUT2D eigenvalue weighted by atomic mass is 10.3. The topological polar surface area (TPSA) is 9.23 Å². The molecule has 12 heavy (non-hydrogen) atoms. The molecule has 0 N–H and O–H groups in total. The van der Waals surface area contributed by atoms with E-state index < -0.39 is 7.54 Å². The zero-order valence-corrected chi connectivity index (χ0v) is 6.51. The molecule has 1 aromatic carbocycles. The summed E-state index contributed by atoms with van der Waals surface area (Å²) in [5, 5.41) is 0. The van der Waals surface area contributed by atoms with Gasteiger partial charge in [0.2, 0.25) is 0 Å². The van der Waals surface area contributed by atoms with Gasteiger partial charge >= 0.3 is 7.54 Å². The minimum absolute atomic E-state index is 0.910. The Morgan fingerprint density at radius 1 is 1.08 bits per heavy atom. The van der Waals surface area contributed by atoms with Crippen LogP contribution in [-0.2, 0) is 0 Å². The molecule has 1 aromatic rings. The average molecular weight is 176 g/mol. The van der Waals surface area contributed by atoms with Crippen LogP contribution in [0.5, 0.6) is 5.75 Å². The van der Waals surface area contributed by atoms with Gasteiger partial charge < -0.3 is 4.74 Å². The molecule has 0 aliphatic rings. The standard InChI is InChI=1S/C7H8O.BF3/c1-8-7-5-3-2-4-6-7;2-1(3)4/h2-6H,1H3;. The number of hydrogen-bond acceptors (Lipinski definition) is 1. The van der Waals surface area contributed by atoms with Crippen LogP contribution in [0.4, 0.5) is 12.9 Å². The summed E-state index contributed by atoms with van der Waals surface area (Å²) in [4.78, 5) is 0. The van der Waals surface area contributed by atoms with E-state index in [-0.39, 0.29) is 0 Å². The molecule has 66 valence electrons. The summed E-state index contributed by atoms with van der Waals surface area (Å²) >= 11 is 0. The summed E-state index contributed by atoms with van der Waals surface area (Å²) in [6.45, 7) is 0. The highest BCUT2D eigenvalue weighted by Gasteiger charge is 2.06. The lowest BCUT2D eigenvalue weighted by Gasteiger charge is -1.93. The number of halogens is 3. The van der Waals surface area contributed by atoms with Crippen molar-refractivity contribution in [3.8, 4) is 5.75 Å².